The van der Waals surface area contributed by atoms with E-state index >= 15 is 0 Å². The van der Waals surface area contributed by atoms with Crippen molar-refractivity contribution in [2.45, 2.75) is 25.9 Å². The van der Waals surface area contributed by atoms with Crippen LogP contribution in [0.2, 0.25) is 0 Å². The molecule has 0 radical (unpaired) electrons. The summed E-state index contributed by atoms with van der Waals surface area (Å²) in [5.74, 6) is -0.267. The van der Waals surface area contributed by atoms with E-state index < -0.39 is 5.41 Å². The van der Waals surface area contributed by atoms with E-state index in [1.807, 2.05) is 49.4 Å². The van der Waals surface area contributed by atoms with Crippen molar-refractivity contribution in [1.29, 1.82) is 0 Å². The summed E-state index contributed by atoms with van der Waals surface area (Å²) in [7, 11) is 1.43. The number of rotatable bonds is 5. The molecule has 25 heavy (non-hydrogen) atoms. The Morgan fingerprint density at radius 3 is 2.52 bits per heavy atom. The quantitative estimate of drug-likeness (QED) is 0.599. The SMILES string of the molecule is C=C1CO[C@@H](c2ccc(C)cc2)[C@]1(CCc1ccccc1)C(=O)OC. The van der Waals surface area contributed by atoms with Crippen LogP contribution in [0.3, 0.4) is 0 Å². The van der Waals surface area contributed by atoms with Gasteiger partial charge in [0, 0.05) is 0 Å². The zero-order valence-corrected chi connectivity index (χ0v) is 14.8. The standard InChI is InChI=1S/C22H24O3/c1-16-9-11-19(12-10-16)20-22(21(23)24-3,17(2)15-25-20)14-13-18-7-5-4-6-8-18/h4-12,20H,2,13-15H2,1,3H3/t20-,22+/m0/s1. The van der Waals surface area contributed by atoms with Gasteiger partial charge in [-0.25, -0.2) is 0 Å². The van der Waals surface area contributed by atoms with E-state index in [-0.39, 0.29) is 12.1 Å². The van der Waals surface area contributed by atoms with Crippen LogP contribution in [0.15, 0.2) is 66.7 Å². The van der Waals surface area contributed by atoms with E-state index in [1.54, 1.807) is 0 Å². The normalized spacial score (nSPS) is 22.8. The Bertz CT molecular complexity index is 749. The van der Waals surface area contributed by atoms with Crippen LogP contribution < -0.4 is 0 Å². The molecule has 1 saturated heterocycles. The molecule has 0 amide bonds. The number of methoxy groups -OCH3 is 1. The van der Waals surface area contributed by atoms with Gasteiger partial charge in [-0.15, -0.1) is 0 Å². The van der Waals surface area contributed by atoms with Gasteiger partial charge in [0.1, 0.15) is 11.5 Å². The van der Waals surface area contributed by atoms with Crippen molar-refractivity contribution in [3.05, 3.63) is 83.4 Å². The largest absolute Gasteiger partial charge is 0.468 e. The van der Waals surface area contributed by atoms with Gasteiger partial charge >= 0.3 is 5.97 Å². The predicted octanol–water partition coefficient (Wildman–Crippen LogP) is 4.41. The van der Waals surface area contributed by atoms with Crippen molar-refractivity contribution in [2.24, 2.45) is 5.41 Å². The molecule has 1 heterocycles. The average Bonchev–Trinajstić information content (AvgIpc) is 2.98. The predicted molar refractivity (Wildman–Crippen MR) is 98.2 cm³/mol. The molecular formula is C22H24O3. The molecule has 0 saturated carbocycles. The Balaban J connectivity index is 1.96. The van der Waals surface area contributed by atoms with Crippen LogP contribution in [0.4, 0.5) is 0 Å². The van der Waals surface area contributed by atoms with Gasteiger partial charge in [0.15, 0.2) is 0 Å². The second kappa shape index (κ2) is 7.24. The molecule has 3 rings (SSSR count). The number of carbonyl (C=O) groups excluding carboxylic acids is 1. The highest BCUT2D eigenvalue weighted by molar-refractivity contribution is 5.82. The first-order valence-electron chi connectivity index (χ1n) is 8.56. The fourth-order valence-electron chi connectivity index (χ4n) is 3.59. The van der Waals surface area contributed by atoms with Gasteiger partial charge in [0.2, 0.25) is 0 Å². The molecule has 2 aromatic carbocycles. The van der Waals surface area contributed by atoms with Crippen LogP contribution in [-0.4, -0.2) is 19.7 Å². The number of benzene rings is 2. The van der Waals surface area contributed by atoms with E-state index in [0.717, 1.165) is 17.6 Å². The van der Waals surface area contributed by atoms with Crippen LogP contribution in [0.25, 0.3) is 0 Å². The third-order valence-corrected chi connectivity index (χ3v) is 5.08. The molecule has 0 bridgehead atoms. The highest BCUT2D eigenvalue weighted by atomic mass is 16.5. The Hall–Kier alpha value is -2.39. The van der Waals surface area contributed by atoms with E-state index in [9.17, 15) is 4.79 Å². The lowest BCUT2D eigenvalue weighted by atomic mass is 9.71. The van der Waals surface area contributed by atoms with Gasteiger partial charge < -0.3 is 9.47 Å². The maximum absolute atomic E-state index is 12.9. The van der Waals surface area contributed by atoms with Crippen molar-refractivity contribution < 1.29 is 14.3 Å². The van der Waals surface area contributed by atoms with E-state index in [4.69, 9.17) is 9.47 Å². The third kappa shape index (κ3) is 3.24. The molecule has 0 unspecified atom stereocenters. The Kier molecular flexibility index (Phi) is 5.05. The van der Waals surface area contributed by atoms with Crippen molar-refractivity contribution in [3.63, 3.8) is 0 Å². The number of hydrogen-bond acceptors (Lipinski definition) is 3. The molecule has 2 atom stereocenters. The first kappa shape index (κ1) is 17.4. The summed E-state index contributed by atoms with van der Waals surface area (Å²) in [6, 6.07) is 18.3. The van der Waals surface area contributed by atoms with E-state index in [1.165, 1.54) is 18.2 Å². The number of ether oxygens (including phenoxy) is 2. The summed E-state index contributed by atoms with van der Waals surface area (Å²) in [6.07, 6.45) is 1.01. The smallest absolute Gasteiger partial charge is 0.319 e. The molecule has 3 nitrogen and oxygen atoms in total. The fraction of sp³-hybridized carbons (Fsp3) is 0.318. The molecule has 1 aliphatic heterocycles. The highest BCUT2D eigenvalue weighted by Gasteiger charge is 2.54. The number of aryl methyl sites for hydroxylation is 2. The van der Waals surface area contributed by atoms with Gasteiger partial charge in [0.25, 0.3) is 0 Å². The summed E-state index contributed by atoms with van der Waals surface area (Å²) in [6.45, 7) is 6.58. The van der Waals surface area contributed by atoms with Crippen LogP contribution in [-0.2, 0) is 20.7 Å². The second-order valence-electron chi connectivity index (χ2n) is 6.65. The molecular weight excluding hydrogens is 312 g/mol. The maximum Gasteiger partial charge on any atom is 0.319 e. The molecule has 0 aliphatic carbocycles. The van der Waals surface area contributed by atoms with Crippen molar-refractivity contribution in [3.8, 4) is 0 Å². The van der Waals surface area contributed by atoms with E-state index in [2.05, 4.69) is 18.7 Å². The monoisotopic (exact) mass is 336 g/mol. The third-order valence-electron chi connectivity index (χ3n) is 5.08. The lowest BCUT2D eigenvalue weighted by molar-refractivity contribution is -0.155. The van der Waals surface area contributed by atoms with Gasteiger partial charge in [-0.05, 0) is 36.5 Å². The summed E-state index contributed by atoms with van der Waals surface area (Å²) in [5.41, 5.74) is 3.30. The molecule has 0 spiro atoms. The van der Waals surface area contributed by atoms with Crippen molar-refractivity contribution in [2.75, 3.05) is 13.7 Å². The lowest BCUT2D eigenvalue weighted by Gasteiger charge is -2.32. The number of carbonyl (C=O) groups is 1. The first-order valence-corrected chi connectivity index (χ1v) is 8.56. The van der Waals surface area contributed by atoms with Gasteiger partial charge in [0.05, 0.1) is 13.7 Å². The first-order chi connectivity index (χ1) is 12.1. The van der Waals surface area contributed by atoms with Crippen molar-refractivity contribution in [1.82, 2.24) is 0 Å². The molecule has 2 aromatic rings. The van der Waals surface area contributed by atoms with Crippen LogP contribution in [0.5, 0.6) is 0 Å². The molecule has 1 fully saturated rings. The van der Waals surface area contributed by atoms with Crippen molar-refractivity contribution >= 4 is 5.97 Å². The van der Waals surface area contributed by atoms with Gasteiger partial charge in [-0.3, -0.25) is 4.79 Å². The molecule has 1 aliphatic rings. The fourth-order valence-corrected chi connectivity index (χ4v) is 3.59. The summed E-state index contributed by atoms with van der Waals surface area (Å²) < 4.78 is 11.2. The Morgan fingerprint density at radius 2 is 1.88 bits per heavy atom. The maximum atomic E-state index is 12.9. The number of esters is 1. The zero-order chi connectivity index (χ0) is 17.9. The number of hydrogen-bond donors (Lipinski definition) is 0. The minimum atomic E-state index is -0.847. The van der Waals surface area contributed by atoms with Crippen LogP contribution in [0, 0.1) is 12.3 Å². The average molecular weight is 336 g/mol. The van der Waals surface area contributed by atoms with Crippen LogP contribution >= 0.6 is 0 Å². The second-order valence-corrected chi connectivity index (χ2v) is 6.65. The molecule has 130 valence electrons. The van der Waals surface area contributed by atoms with Crippen LogP contribution in [0.1, 0.15) is 29.2 Å². The summed E-state index contributed by atoms with van der Waals surface area (Å²) in [4.78, 5) is 12.9. The summed E-state index contributed by atoms with van der Waals surface area (Å²) in [5, 5.41) is 0. The minimum Gasteiger partial charge on any atom is -0.468 e. The van der Waals surface area contributed by atoms with Gasteiger partial charge in [-0.1, -0.05) is 66.7 Å². The lowest BCUT2D eigenvalue weighted by Crippen LogP contribution is -2.37. The van der Waals surface area contributed by atoms with E-state index in [0.29, 0.717) is 13.0 Å². The summed E-state index contributed by atoms with van der Waals surface area (Å²) >= 11 is 0. The Morgan fingerprint density at radius 1 is 1.20 bits per heavy atom. The molecule has 0 N–H and O–H groups in total. The molecule has 0 aromatic heterocycles. The Labute approximate surface area is 149 Å². The zero-order valence-electron chi connectivity index (χ0n) is 14.8. The molecule has 3 heteroatoms. The highest BCUT2D eigenvalue weighted by Crippen LogP contribution is 2.51. The topological polar surface area (TPSA) is 35.5 Å². The minimum absolute atomic E-state index is 0.267. The van der Waals surface area contributed by atoms with Gasteiger partial charge in [-0.2, -0.15) is 0 Å².